The van der Waals surface area contributed by atoms with Crippen LogP contribution >= 0.6 is 0 Å². The number of hydrogen-bond donors (Lipinski definition) is 3. The number of carboxylic acids is 1. The van der Waals surface area contributed by atoms with Gasteiger partial charge in [-0.15, -0.1) is 0 Å². The van der Waals surface area contributed by atoms with E-state index in [1.165, 1.54) is 0 Å². The van der Waals surface area contributed by atoms with Gasteiger partial charge in [-0.25, -0.2) is 4.79 Å². The predicted octanol–water partition coefficient (Wildman–Crippen LogP) is 0.415. The highest BCUT2D eigenvalue weighted by molar-refractivity contribution is 5.87. The van der Waals surface area contributed by atoms with Crippen molar-refractivity contribution in [3.63, 3.8) is 0 Å². The number of aliphatic carboxylic acids is 1. The Kier molecular flexibility index (Phi) is 7.20. The van der Waals surface area contributed by atoms with Crippen LogP contribution in [0.5, 0.6) is 0 Å². The smallest absolute Gasteiger partial charge is 0.326 e. The minimum absolute atomic E-state index is 0.00964. The standard InChI is InChI=1S/C13H24N2O5/c1-5-9(12(18)19)15-11(17)8(14)6-7-10(16)20-13(2,3)4/h8-9H,5-7,14H2,1-4H3,(H,15,17)(H,18,19)/t8-,9-/m0/s1. The Morgan fingerprint density at radius 1 is 1.30 bits per heavy atom. The average Bonchev–Trinajstić information content (AvgIpc) is 2.29. The molecule has 0 radical (unpaired) electrons. The van der Waals surface area contributed by atoms with Crippen molar-refractivity contribution in [3.05, 3.63) is 0 Å². The normalized spacial score (nSPS) is 14.2. The van der Waals surface area contributed by atoms with Crippen molar-refractivity contribution in [1.82, 2.24) is 5.32 Å². The summed E-state index contributed by atoms with van der Waals surface area (Å²) in [6.07, 6.45) is 0.381. The lowest BCUT2D eigenvalue weighted by molar-refractivity contribution is -0.155. The molecule has 20 heavy (non-hydrogen) atoms. The van der Waals surface area contributed by atoms with Gasteiger partial charge >= 0.3 is 11.9 Å². The van der Waals surface area contributed by atoms with E-state index in [9.17, 15) is 14.4 Å². The van der Waals surface area contributed by atoms with Gasteiger partial charge in [-0.05, 0) is 33.6 Å². The molecule has 0 saturated carbocycles. The fourth-order valence-electron chi connectivity index (χ4n) is 1.41. The molecule has 2 atom stereocenters. The molecule has 0 spiro atoms. The van der Waals surface area contributed by atoms with Crippen LogP contribution in [0.15, 0.2) is 0 Å². The number of carbonyl (C=O) groups excluding carboxylic acids is 2. The van der Waals surface area contributed by atoms with Gasteiger partial charge in [-0.1, -0.05) is 6.92 Å². The highest BCUT2D eigenvalue weighted by atomic mass is 16.6. The third-order valence-electron chi connectivity index (χ3n) is 2.44. The minimum atomic E-state index is -1.11. The molecule has 7 nitrogen and oxygen atoms in total. The van der Waals surface area contributed by atoms with E-state index in [0.29, 0.717) is 0 Å². The van der Waals surface area contributed by atoms with E-state index in [4.69, 9.17) is 15.6 Å². The predicted molar refractivity (Wildman–Crippen MR) is 72.9 cm³/mol. The second kappa shape index (κ2) is 7.84. The molecule has 4 N–H and O–H groups in total. The number of nitrogens with one attached hydrogen (secondary N) is 1. The van der Waals surface area contributed by atoms with Crippen LogP contribution in [0.3, 0.4) is 0 Å². The van der Waals surface area contributed by atoms with Gasteiger partial charge < -0.3 is 20.9 Å². The molecule has 0 aliphatic heterocycles. The number of nitrogens with two attached hydrogens (primary N) is 1. The average molecular weight is 288 g/mol. The quantitative estimate of drug-likeness (QED) is 0.584. The first-order valence-electron chi connectivity index (χ1n) is 6.57. The van der Waals surface area contributed by atoms with Crippen LogP contribution in [-0.4, -0.2) is 40.6 Å². The fraction of sp³-hybridized carbons (Fsp3) is 0.769. The maximum atomic E-state index is 11.7. The van der Waals surface area contributed by atoms with Gasteiger partial charge in [0.2, 0.25) is 5.91 Å². The summed E-state index contributed by atoms with van der Waals surface area (Å²) in [5.74, 6) is -2.13. The number of rotatable bonds is 7. The Bertz CT molecular complexity index is 362. The molecule has 0 aliphatic rings. The molecule has 0 fully saturated rings. The molecular formula is C13H24N2O5. The van der Waals surface area contributed by atoms with Crippen molar-refractivity contribution in [2.75, 3.05) is 0 Å². The molecule has 0 rings (SSSR count). The van der Waals surface area contributed by atoms with E-state index >= 15 is 0 Å². The van der Waals surface area contributed by atoms with Crippen molar-refractivity contribution in [2.45, 2.75) is 64.6 Å². The SMILES string of the molecule is CC[C@H](NC(=O)[C@@H](N)CCC(=O)OC(C)(C)C)C(=O)O. The third-order valence-corrected chi connectivity index (χ3v) is 2.44. The van der Waals surface area contributed by atoms with Crippen LogP contribution in [0.4, 0.5) is 0 Å². The van der Waals surface area contributed by atoms with Gasteiger partial charge in [0, 0.05) is 6.42 Å². The Labute approximate surface area is 118 Å². The van der Waals surface area contributed by atoms with Crippen LogP contribution in [-0.2, 0) is 19.1 Å². The summed E-state index contributed by atoms with van der Waals surface area (Å²) in [5.41, 5.74) is 5.04. The first kappa shape index (κ1) is 18.4. The maximum absolute atomic E-state index is 11.7. The lowest BCUT2D eigenvalue weighted by Gasteiger charge is -2.20. The summed E-state index contributed by atoms with van der Waals surface area (Å²) < 4.78 is 5.09. The number of esters is 1. The van der Waals surface area contributed by atoms with E-state index < -0.39 is 35.5 Å². The van der Waals surface area contributed by atoms with Crippen LogP contribution in [0.1, 0.15) is 47.0 Å². The second-order valence-corrected chi connectivity index (χ2v) is 5.54. The van der Waals surface area contributed by atoms with Crippen molar-refractivity contribution < 1.29 is 24.2 Å². The second-order valence-electron chi connectivity index (χ2n) is 5.54. The van der Waals surface area contributed by atoms with Gasteiger partial charge in [-0.3, -0.25) is 9.59 Å². The van der Waals surface area contributed by atoms with E-state index in [1.54, 1.807) is 27.7 Å². The zero-order valence-corrected chi connectivity index (χ0v) is 12.4. The molecule has 0 aromatic carbocycles. The number of carboxylic acid groups (broad SMARTS) is 1. The Balaban J connectivity index is 4.21. The molecular weight excluding hydrogens is 264 g/mol. The van der Waals surface area contributed by atoms with Crippen LogP contribution in [0.2, 0.25) is 0 Å². The van der Waals surface area contributed by atoms with Crippen LogP contribution in [0, 0.1) is 0 Å². The lowest BCUT2D eigenvalue weighted by atomic mass is 10.1. The maximum Gasteiger partial charge on any atom is 0.326 e. The molecule has 0 saturated heterocycles. The zero-order valence-electron chi connectivity index (χ0n) is 12.4. The summed E-state index contributed by atoms with van der Waals surface area (Å²) in [6, 6.07) is -1.90. The molecule has 0 unspecified atom stereocenters. The summed E-state index contributed by atoms with van der Waals surface area (Å²) >= 11 is 0. The number of carbonyl (C=O) groups is 3. The third kappa shape index (κ3) is 7.73. The highest BCUT2D eigenvalue weighted by Gasteiger charge is 2.23. The van der Waals surface area contributed by atoms with Crippen molar-refractivity contribution in [2.24, 2.45) is 5.73 Å². The number of amides is 1. The Hall–Kier alpha value is -1.63. The summed E-state index contributed by atoms with van der Waals surface area (Å²) in [4.78, 5) is 33.9. The van der Waals surface area contributed by atoms with Gasteiger partial charge in [0.15, 0.2) is 0 Å². The molecule has 0 aromatic heterocycles. The van der Waals surface area contributed by atoms with Crippen molar-refractivity contribution in [3.8, 4) is 0 Å². The van der Waals surface area contributed by atoms with E-state index in [1.807, 2.05) is 0 Å². The van der Waals surface area contributed by atoms with Crippen LogP contribution in [0.25, 0.3) is 0 Å². The number of ether oxygens (including phenoxy) is 1. The molecule has 7 heteroatoms. The fourth-order valence-corrected chi connectivity index (χ4v) is 1.41. The minimum Gasteiger partial charge on any atom is -0.480 e. The van der Waals surface area contributed by atoms with Gasteiger partial charge in [0.25, 0.3) is 0 Å². The molecule has 1 amide bonds. The van der Waals surface area contributed by atoms with E-state index in [2.05, 4.69) is 5.32 Å². The van der Waals surface area contributed by atoms with E-state index in [0.717, 1.165) is 0 Å². The van der Waals surface area contributed by atoms with Crippen molar-refractivity contribution in [1.29, 1.82) is 0 Å². The summed E-state index contributed by atoms with van der Waals surface area (Å²) in [7, 11) is 0. The Morgan fingerprint density at radius 3 is 2.25 bits per heavy atom. The molecule has 0 aromatic rings. The monoisotopic (exact) mass is 288 g/mol. The number of hydrogen-bond acceptors (Lipinski definition) is 5. The first-order chi connectivity index (χ1) is 9.06. The van der Waals surface area contributed by atoms with E-state index in [-0.39, 0.29) is 19.3 Å². The van der Waals surface area contributed by atoms with Gasteiger partial charge in [0.1, 0.15) is 11.6 Å². The molecule has 116 valence electrons. The lowest BCUT2D eigenvalue weighted by Crippen LogP contribution is -2.48. The molecule has 0 heterocycles. The van der Waals surface area contributed by atoms with Gasteiger partial charge in [0.05, 0.1) is 6.04 Å². The largest absolute Gasteiger partial charge is 0.480 e. The van der Waals surface area contributed by atoms with Crippen LogP contribution < -0.4 is 11.1 Å². The zero-order chi connectivity index (χ0) is 15.9. The molecule has 0 aliphatic carbocycles. The highest BCUT2D eigenvalue weighted by Crippen LogP contribution is 2.09. The first-order valence-corrected chi connectivity index (χ1v) is 6.57. The van der Waals surface area contributed by atoms with Crippen molar-refractivity contribution >= 4 is 17.8 Å². The molecule has 0 bridgehead atoms. The Morgan fingerprint density at radius 2 is 1.85 bits per heavy atom. The summed E-state index contributed by atoms with van der Waals surface area (Å²) in [6.45, 7) is 6.88. The topological polar surface area (TPSA) is 119 Å². The summed E-state index contributed by atoms with van der Waals surface area (Å²) in [5, 5.41) is 11.1. The van der Waals surface area contributed by atoms with Gasteiger partial charge in [-0.2, -0.15) is 0 Å².